The Morgan fingerprint density at radius 2 is 2.25 bits per heavy atom. The van der Waals surface area contributed by atoms with E-state index in [0.717, 1.165) is 0 Å². The molecular formula is C15H15N3O4S2. The quantitative estimate of drug-likeness (QED) is 0.589. The molecule has 2 aromatic rings. The highest BCUT2D eigenvalue weighted by Crippen LogP contribution is 2.28. The van der Waals surface area contributed by atoms with E-state index in [4.69, 9.17) is 4.74 Å². The molecule has 0 saturated carbocycles. The SMILES string of the molecule is CCOC(=O)/C=C1\SCC(=O)N1CCn1cnc2sccc2c1=O. The Labute approximate surface area is 145 Å². The van der Waals surface area contributed by atoms with E-state index >= 15 is 0 Å². The van der Waals surface area contributed by atoms with Crippen molar-refractivity contribution in [2.24, 2.45) is 0 Å². The molecule has 1 aliphatic heterocycles. The van der Waals surface area contributed by atoms with Crippen LogP contribution >= 0.6 is 23.1 Å². The Hall–Kier alpha value is -2.13. The van der Waals surface area contributed by atoms with Gasteiger partial charge in [-0.15, -0.1) is 11.3 Å². The van der Waals surface area contributed by atoms with Gasteiger partial charge in [0.05, 0.1) is 35.2 Å². The first kappa shape index (κ1) is 16.7. The van der Waals surface area contributed by atoms with Gasteiger partial charge in [-0.25, -0.2) is 9.78 Å². The number of thioether (sulfide) groups is 1. The van der Waals surface area contributed by atoms with Gasteiger partial charge in [0, 0.05) is 13.1 Å². The molecule has 2 aromatic heterocycles. The maximum Gasteiger partial charge on any atom is 0.333 e. The number of aromatic nitrogens is 2. The van der Waals surface area contributed by atoms with Gasteiger partial charge >= 0.3 is 5.97 Å². The standard InChI is InChI=1S/C15H15N3O4S2/c1-2-22-13(20)7-12-18(11(19)8-24-12)5-4-17-9-16-14-10(15(17)21)3-6-23-14/h3,6-7,9H,2,4-5,8H2,1H3/b12-7-. The van der Waals surface area contributed by atoms with Gasteiger partial charge in [-0.1, -0.05) is 11.8 Å². The van der Waals surface area contributed by atoms with Gasteiger partial charge < -0.3 is 9.64 Å². The summed E-state index contributed by atoms with van der Waals surface area (Å²) in [4.78, 5) is 42.4. The minimum atomic E-state index is -0.474. The molecule has 1 aliphatic rings. The van der Waals surface area contributed by atoms with Crippen molar-refractivity contribution in [3.8, 4) is 0 Å². The third kappa shape index (κ3) is 3.36. The fourth-order valence-corrected chi connectivity index (χ4v) is 3.99. The molecule has 0 radical (unpaired) electrons. The molecule has 24 heavy (non-hydrogen) atoms. The number of hydrogen-bond acceptors (Lipinski definition) is 7. The molecule has 7 nitrogen and oxygen atoms in total. The summed E-state index contributed by atoms with van der Waals surface area (Å²) in [5.74, 6) is -0.284. The van der Waals surface area contributed by atoms with Crippen LogP contribution in [0.3, 0.4) is 0 Å². The molecule has 0 atom stereocenters. The van der Waals surface area contributed by atoms with E-state index in [2.05, 4.69) is 4.98 Å². The van der Waals surface area contributed by atoms with Gasteiger partial charge in [-0.2, -0.15) is 0 Å². The fraction of sp³-hybridized carbons (Fsp3) is 0.333. The number of amides is 1. The highest BCUT2D eigenvalue weighted by atomic mass is 32.2. The van der Waals surface area contributed by atoms with Crippen LogP contribution < -0.4 is 5.56 Å². The zero-order chi connectivity index (χ0) is 17.1. The van der Waals surface area contributed by atoms with Crippen LogP contribution in [0.2, 0.25) is 0 Å². The molecule has 0 N–H and O–H groups in total. The normalized spacial score (nSPS) is 16.3. The number of esters is 1. The molecule has 1 amide bonds. The van der Waals surface area contributed by atoms with Crippen molar-refractivity contribution in [3.05, 3.63) is 39.2 Å². The zero-order valence-corrected chi connectivity index (χ0v) is 14.6. The second kappa shape index (κ2) is 7.18. The Morgan fingerprint density at radius 1 is 1.42 bits per heavy atom. The summed E-state index contributed by atoms with van der Waals surface area (Å²) in [5.41, 5.74) is -0.128. The second-order valence-electron chi connectivity index (χ2n) is 4.95. The molecule has 0 aromatic carbocycles. The van der Waals surface area contributed by atoms with Gasteiger partial charge in [-0.3, -0.25) is 14.2 Å². The molecule has 9 heteroatoms. The van der Waals surface area contributed by atoms with E-state index < -0.39 is 5.97 Å². The van der Waals surface area contributed by atoms with Crippen LogP contribution in [0.25, 0.3) is 10.2 Å². The molecule has 0 bridgehead atoms. The molecule has 126 valence electrons. The third-order valence-electron chi connectivity index (χ3n) is 3.45. The lowest BCUT2D eigenvalue weighted by Crippen LogP contribution is -2.31. The minimum absolute atomic E-state index is 0.0897. The van der Waals surface area contributed by atoms with Crippen LogP contribution in [0.5, 0.6) is 0 Å². The van der Waals surface area contributed by atoms with Crippen molar-refractivity contribution in [1.82, 2.24) is 14.5 Å². The average Bonchev–Trinajstić information content (AvgIpc) is 3.15. The maximum absolute atomic E-state index is 12.4. The fourth-order valence-electron chi connectivity index (χ4n) is 2.31. The van der Waals surface area contributed by atoms with E-state index in [1.165, 1.54) is 45.0 Å². The monoisotopic (exact) mass is 365 g/mol. The molecular weight excluding hydrogens is 350 g/mol. The number of rotatable bonds is 5. The van der Waals surface area contributed by atoms with Crippen molar-refractivity contribution in [3.63, 3.8) is 0 Å². The number of thiophene rings is 1. The predicted molar refractivity (Wildman–Crippen MR) is 92.8 cm³/mol. The van der Waals surface area contributed by atoms with Crippen molar-refractivity contribution in [2.75, 3.05) is 18.9 Å². The van der Waals surface area contributed by atoms with E-state index in [-0.39, 0.29) is 23.8 Å². The van der Waals surface area contributed by atoms with Crippen LogP contribution in [0.15, 0.2) is 33.7 Å². The van der Waals surface area contributed by atoms with Gasteiger partial charge in [0.15, 0.2) is 0 Å². The number of ether oxygens (including phenoxy) is 1. The molecule has 0 unspecified atom stereocenters. The van der Waals surface area contributed by atoms with Crippen LogP contribution in [0, 0.1) is 0 Å². The number of carbonyl (C=O) groups excluding carboxylic acids is 2. The Morgan fingerprint density at radius 3 is 3.04 bits per heavy atom. The number of hydrogen-bond donors (Lipinski definition) is 0. The Bertz CT molecular complexity index is 871. The number of fused-ring (bicyclic) bond motifs is 1. The summed E-state index contributed by atoms with van der Waals surface area (Å²) in [6, 6.07) is 1.74. The highest BCUT2D eigenvalue weighted by molar-refractivity contribution is 8.04. The van der Waals surface area contributed by atoms with E-state index in [1.54, 1.807) is 13.0 Å². The minimum Gasteiger partial charge on any atom is -0.463 e. The lowest BCUT2D eigenvalue weighted by Gasteiger charge is -2.17. The van der Waals surface area contributed by atoms with Gasteiger partial charge in [0.2, 0.25) is 5.91 Å². The van der Waals surface area contributed by atoms with Crippen LogP contribution in [-0.4, -0.2) is 45.2 Å². The number of carbonyl (C=O) groups is 2. The summed E-state index contributed by atoms with van der Waals surface area (Å²) in [5, 5.41) is 2.95. The van der Waals surface area contributed by atoms with Crippen LogP contribution in [0.4, 0.5) is 0 Å². The van der Waals surface area contributed by atoms with Crippen molar-refractivity contribution >= 4 is 45.2 Å². The molecule has 1 saturated heterocycles. The largest absolute Gasteiger partial charge is 0.463 e. The van der Waals surface area contributed by atoms with Gasteiger partial charge in [-0.05, 0) is 18.4 Å². The van der Waals surface area contributed by atoms with Gasteiger partial charge in [0.1, 0.15) is 4.83 Å². The summed E-state index contributed by atoms with van der Waals surface area (Å²) < 4.78 is 6.36. The molecule has 3 rings (SSSR count). The number of nitrogens with zero attached hydrogens (tertiary/aromatic N) is 3. The zero-order valence-electron chi connectivity index (χ0n) is 12.9. The molecule has 1 fully saturated rings. The van der Waals surface area contributed by atoms with Gasteiger partial charge in [0.25, 0.3) is 5.56 Å². The first-order valence-electron chi connectivity index (χ1n) is 7.34. The van der Waals surface area contributed by atoms with Crippen molar-refractivity contribution in [2.45, 2.75) is 13.5 Å². The Balaban J connectivity index is 1.76. The first-order valence-corrected chi connectivity index (χ1v) is 9.21. The second-order valence-corrected chi connectivity index (χ2v) is 6.84. The summed E-state index contributed by atoms with van der Waals surface area (Å²) >= 11 is 2.70. The lowest BCUT2D eigenvalue weighted by molar-refractivity contribution is -0.137. The van der Waals surface area contributed by atoms with Crippen molar-refractivity contribution in [1.29, 1.82) is 0 Å². The predicted octanol–water partition coefficient (Wildman–Crippen LogP) is 1.44. The van der Waals surface area contributed by atoms with E-state index in [1.807, 2.05) is 5.38 Å². The lowest BCUT2D eigenvalue weighted by atomic mass is 10.4. The highest BCUT2D eigenvalue weighted by Gasteiger charge is 2.27. The summed E-state index contributed by atoms with van der Waals surface area (Å²) in [6.07, 6.45) is 2.81. The molecule has 0 spiro atoms. The first-order chi connectivity index (χ1) is 11.6. The molecule has 3 heterocycles. The Kier molecular flexibility index (Phi) is 5.00. The maximum atomic E-state index is 12.4. The topological polar surface area (TPSA) is 81.5 Å². The average molecular weight is 365 g/mol. The summed E-state index contributed by atoms with van der Waals surface area (Å²) in [7, 11) is 0. The van der Waals surface area contributed by atoms with Crippen molar-refractivity contribution < 1.29 is 14.3 Å². The molecule has 0 aliphatic carbocycles. The van der Waals surface area contributed by atoms with E-state index in [9.17, 15) is 14.4 Å². The van der Waals surface area contributed by atoms with Crippen LogP contribution in [-0.2, 0) is 20.9 Å². The summed E-state index contributed by atoms with van der Waals surface area (Å²) in [6.45, 7) is 2.61. The smallest absolute Gasteiger partial charge is 0.333 e. The third-order valence-corrected chi connectivity index (χ3v) is 5.30. The van der Waals surface area contributed by atoms with E-state index in [0.29, 0.717) is 28.3 Å². The van der Waals surface area contributed by atoms with Crippen LogP contribution in [0.1, 0.15) is 6.92 Å².